The summed E-state index contributed by atoms with van der Waals surface area (Å²) in [6, 6.07) is 4.39. The number of phenolic OH excluding ortho intramolecular Hbond substituents is 1. The van der Waals surface area contributed by atoms with Gasteiger partial charge >= 0.3 is 5.97 Å². The molecule has 154 valence electrons. The Morgan fingerprint density at radius 3 is 2.64 bits per heavy atom. The number of hydrogen-bond acceptors (Lipinski definition) is 5. The number of hydrogen-bond donors (Lipinski definition) is 2. The minimum atomic E-state index is -0.598. The number of methoxy groups -OCH3 is 1. The first kappa shape index (κ1) is 22.0. The van der Waals surface area contributed by atoms with Gasteiger partial charge in [-0.3, -0.25) is 0 Å². The second-order valence-corrected chi connectivity index (χ2v) is 8.27. The maximum atomic E-state index is 12.8. The lowest BCUT2D eigenvalue weighted by atomic mass is 9.80. The van der Waals surface area contributed by atoms with E-state index in [-0.39, 0.29) is 16.9 Å². The fourth-order valence-electron chi connectivity index (χ4n) is 3.32. The minimum absolute atomic E-state index is 0.0314. The minimum Gasteiger partial charge on any atom is -0.504 e. The molecule has 1 aromatic carbocycles. The maximum Gasteiger partial charge on any atom is 0.338 e. The van der Waals surface area contributed by atoms with Crippen molar-refractivity contribution in [2.75, 3.05) is 7.11 Å². The first-order valence-electron chi connectivity index (χ1n) is 9.74. The molecule has 28 heavy (non-hydrogen) atoms. The molecule has 0 heterocycles. The van der Waals surface area contributed by atoms with Gasteiger partial charge in [0, 0.05) is 5.41 Å². The molecule has 5 nitrogen and oxygen atoms in total. The summed E-state index contributed by atoms with van der Waals surface area (Å²) in [5, 5.41) is 20.2. The smallest absolute Gasteiger partial charge is 0.338 e. The third-order valence-electron chi connectivity index (χ3n) is 5.44. The molecule has 2 N–H and O–H groups in total. The summed E-state index contributed by atoms with van der Waals surface area (Å²) in [5.74, 6) is -0.296. The van der Waals surface area contributed by atoms with E-state index in [4.69, 9.17) is 9.47 Å². The Kier molecular flexibility index (Phi) is 7.30. The van der Waals surface area contributed by atoms with Crippen LogP contribution in [0.1, 0.15) is 63.7 Å². The molecule has 2 rings (SSSR count). The van der Waals surface area contributed by atoms with Crippen molar-refractivity contribution >= 4 is 5.97 Å². The Labute approximate surface area is 167 Å². The Balaban J connectivity index is 2.30. The lowest BCUT2D eigenvalue weighted by Crippen LogP contribution is -2.33. The van der Waals surface area contributed by atoms with E-state index in [0.29, 0.717) is 12.0 Å². The second kappa shape index (κ2) is 9.28. The zero-order valence-electron chi connectivity index (χ0n) is 17.5. The molecule has 2 atom stereocenters. The number of esters is 1. The van der Waals surface area contributed by atoms with Crippen molar-refractivity contribution in [3.63, 3.8) is 0 Å². The zero-order valence-corrected chi connectivity index (χ0v) is 17.5. The van der Waals surface area contributed by atoms with Crippen LogP contribution in [0, 0.1) is 5.41 Å². The van der Waals surface area contributed by atoms with Crippen molar-refractivity contribution in [2.45, 2.75) is 65.6 Å². The highest BCUT2D eigenvalue weighted by atomic mass is 16.5. The number of aliphatic hydroxyl groups excluding tert-OH is 1. The number of rotatable bonds is 3. The van der Waals surface area contributed by atoms with Crippen LogP contribution in [0.25, 0.3) is 0 Å². The highest BCUT2D eigenvalue weighted by Crippen LogP contribution is 2.34. The van der Waals surface area contributed by atoms with Gasteiger partial charge in [0.05, 0.1) is 18.8 Å². The maximum absolute atomic E-state index is 12.8. The van der Waals surface area contributed by atoms with Crippen LogP contribution in [0.2, 0.25) is 0 Å². The Morgan fingerprint density at radius 1 is 1.25 bits per heavy atom. The van der Waals surface area contributed by atoms with Gasteiger partial charge in [0.1, 0.15) is 6.10 Å². The summed E-state index contributed by atoms with van der Waals surface area (Å²) in [6.45, 7) is 8.11. The van der Waals surface area contributed by atoms with Crippen LogP contribution >= 0.6 is 0 Å². The summed E-state index contributed by atoms with van der Waals surface area (Å²) in [6.07, 6.45) is 6.27. The third-order valence-corrected chi connectivity index (χ3v) is 5.44. The van der Waals surface area contributed by atoms with Crippen molar-refractivity contribution in [1.82, 2.24) is 0 Å². The van der Waals surface area contributed by atoms with Gasteiger partial charge in [0.25, 0.3) is 0 Å². The van der Waals surface area contributed by atoms with Crippen molar-refractivity contribution in [3.8, 4) is 11.5 Å². The highest BCUT2D eigenvalue weighted by Gasteiger charge is 2.32. The van der Waals surface area contributed by atoms with Gasteiger partial charge in [-0.1, -0.05) is 25.5 Å². The lowest BCUT2D eigenvalue weighted by Gasteiger charge is -2.33. The van der Waals surface area contributed by atoms with Crippen molar-refractivity contribution in [2.24, 2.45) is 5.41 Å². The predicted molar refractivity (Wildman–Crippen MR) is 110 cm³/mol. The molecule has 1 aliphatic carbocycles. The SMILES string of the molecule is COc1cc(C(=O)O[C@@H]2C=C(C)[C@@H](O)CC=C(C)CCCC2(C)C)ccc1O. The Morgan fingerprint density at radius 2 is 1.96 bits per heavy atom. The molecule has 0 amide bonds. The zero-order chi connectivity index (χ0) is 20.9. The standard InChI is InChI=1S/C23H32O5/c1-15-7-6-12-23(3,4)21(13-16(2)18(24)10-8-15)28-22(26)17-9-11-19(25)20(14-17)27-5/h8-9,11,13-14,18,21,24-25H,6-7,10,12H2,1-5H3/t18-,21+/m0/s1. The molecule has 0 bridgehead atoms. The Bertz CT molecular complexity index is 760. The van der Waals surface area contributed by atoms with Gasteiger partial charge in [0.15, 0.2) is 11.5 Å². The van der Waals surface area contributed by atoms with E-state index in [0.717, 1.165) is 24.8 Å². The van der Waals surface area contributed by atoms with Gasteiger partial charge < -0.3 is 19.7 Å². The number of carbonyl (C=O) groups is 1. The summed E-state index contributed by atoms with van der Waals surface area (Å²) in [7, 11) is 1.43. The average molecular weight is 389 g/mol. The van der Waals surface area contributed by atoms with E-state index < -0.39 is 18.2 Å². The highest BCUT2D eigenvalue weighted by molar-refractivity contribution is 5.90. The molecule has 0 spiro atoms. The quantitative estimate of drug-likeness (QED) is 0.576. The molecule has 5 heteroatoms. The molecular weight excluding hydrogens is 356 g/mol. The first-order valence-corrected chi connectivity index (χ1v) is 9.74. The van der Waals surface area contributed by atoms with Crippen LogP contribution in [0.4, 0.5) is 0 Å². The molecule has 0 aliphatic heterocycles. The lowest BCUT2D eigenvalue weighted by molar-refractivity contribution is 0.00731. The molecule has 0 radical (unpaired) electrons. The van der Waals surface area contributed by atoms with Gasteiger partial charge in [-0.05, 0) is 69.4 Å². The number of aromatic hydroxyl groups is 1. The Hall–Kier alpha value is -2.27. The largest absolute Gasteiger partial charge is 0.504 e. The van der Waals surface area contributed by atoms with Gasteiger partial charge in [-0.2, -0.15) is 0 Å². The number of aliphatic hydroxyl groups is 1. The van der Waals surface area contributed by atoms with Gasteiger partial charge in [-0.15, -0.1) is 0 Å². The number of benzene rings is 1. The summed E-state index contributed by atoms with van der Waals surface area (Å²) in [5.41, 5.74) is 2.08. The molecule has 1 aromatic rings. The van der Waals surface area contributed by atoms with Crippen LogP contribution < -0.4 is 4.74 Å². The number of carbonyl (C=O) groups excluding carboxylic acids is 1. The van der Waals surface area contributed by atoms with E-state index in [1.165, 1.54) is 30.9 Å². The van der Waals surface area contributed by atoms with Crippen molar-refractivity contribution < 1.29 is 24.5 Å². The number of ether oxygens (including phenoxy) is 2. The summed E-state index contributed by atoms with van der Waals surface area (Å²) in [4.78, 5) is 12.8. The molecular formula is C23H32O5. The predicted octanol–water partition coefficient (Wildman–Crippen LogP) is 4.78. The topological polar surface area (TPSA) is 76.0 Å². The van der Waals surface area contributed by atoms with Crippen LogP contribution in [-0.2, 0) is 4.74 Å². The summed E-state index contributed by atoms with van der Waals surface area (Å²) < 4.78 is 10.9. The molecule has 0 unspecified atom stereocenters. The van der Waals surface area contributed by atoms with Crippen LogP contribution in [0.5, 0.6) is 11.5 Å². The van der Waals surface area contributed by atoms with E-state index in [1.54, 1.807) is 0 Å². The number of phenols is 1. The van der Waals surface area contributed by atoms with E-state index >= 15 is 0 Å². The first-order chi connectivity index (χ1) is 13.1. The molecule has 0 saturated heterocycles. The average Bonchev–Trinajstić information content (AvgIpc) is 2.66. The third kappa shape index (κ3) is 5.61. The van der Waals surface area contributed by atoms with E-state index in [1.807, 2.05) is 13.0 Å². The summed E-state index contributed by atoms with van der Waals surface area (Å²) >= 11 is 0. The van der Waals surface area contributed by atoms with Crippen LogP contribution in [-0.4, -0.2) is 35.5 Å². The molecule has 0 aromatic heterocycles. The van der Waals surface area contributed by atoms with Gasteiger partial charge in [-0.25, -0.2) is 4.79 Å². The van der Waals surface area contributed by atoms with Crippen molar-refractivity contribution in [3.05, 3.63) is 47.1 Å². The van der Waals surface area contributed by atoms with Crippen LogP contribution in [0.15, 0.2) is 41.5 Å². The number of allylic oxidation sites excluding steroid dienone is 1. The van der Waals surface area contributed by atoms with E-state index in [9.17, 15) is 15.0 Å². The molecule has 0 saturated carbocycles. The fourth-order valence-corrected chi connectivity index (χ4v) is 3.32. The normalized spacial score (nSPS) is 23.1. The second-order valence-electron chi connectivity index (χ2n) is 8.27. The van der Waals surface area contributed by atoms with Gasteiger partial charge in [0.2, 0.25) is 0 Å². The molecule has 0 fully saturated rings. The van der Waals surface area contributed by atoms with Crippen LogP contribution in [0.3, 0.4) is 0 Å². The molecule has 1 aliphatic rings. The van der Waals surface area contributed by atoms with Crippen molar-refractivity contribution in [1.29, 1.82) is 0 Å². The monoisotopic (exact) mass is 388 g/mol. The fraction of sp³-hybridized carbons (Fsp3) is 0.522. The van der Waals surface area contributed by atoms with E-state index in [2.05, 4.69) is 26.8 Å².